The Bertz CT molecular complexity index is 1060. The summed E-state index contributed by atoms with van der Waals surface area (Å²) >= 11 is 0. The summed E-state index contributed by atoms with van der Waals surface area (Å²) in [5.41, 5.74) is 2.01. The minimum Gasteiger partial charge on any atom is -0.423 e. The van der Waals surface area contributed by atoms with E-state index in [1.54, 1.807) is 12.7 Å². The Labute approximate surface area is 211 Å². The van der Waals surface area contributed by atoms with Crippen molar-refractivity contribution < 1.29 is 19.1 Å². The van der Waals surface area contributed by atoms with Gasteiger partial charge in [-0.15, -0.1) is 0 Å². The van der Waals surface area contributed by atoms with Gasteiger partial charge in [-0.25, -0.2) is 4.79 Å². The summed E-state index contributed by atoms with van der Waals surface area (Å²) in [6.07, 6.45) is 13.5. The van der Waals surface area contributed by atoms with Crippen molar-refractivity contribution in [2.45, 2.75) is 99.0 Å². The highest BCUT2D eigenvalue weighted by Crippen LogP contribution is 2.73. The van der Waals surface area contributed by atoms with E-state index < -0.39 is 5.60 Å². The van der Waals surface area contributed by atoms with Crippen LogP contribution in [0.25, 0.3) is 0 Å². The number of fused-ring (bicyclic) bond motifs is 5. The number of rotatable bonds is 3. The second-order valence-corrected chi connectivity index (χ2v) is 13.9. The maximum atomic E-state index is 13.1. The molecule has 0 unspecified atom stereocenters. The maximum absolute atomic E-state index is 13.1. The van der Waals surface area contributed by atoms with Crippen LogP contribution in [-0.4, -0.2) is 24.5 Å². The highest BCUT2D eigenvalue weighted by atomic mass is 16.5. The molecule has 0 aromatic heterocycles. The average molecular weight is 481 g/mol. The summed E-state index contributed by atoms with van der Waals surface area (Å²) in [4.78, 5) is 25.9. The zero-order valence-electron chi connectivity index (χ0n) is 23.0. The van der Waals surface area contributed by atoms with E-state index in [4.69, 9.17) is 9.47 Å². The molecular weight excluding hydrogens is 436 g/mol. The summed E-state index contributed by atoms with van der Waals surface area (Å²) in [5.74, 6) is 2.03. The van der Waals surface area contributed by atoms with Crippen molar-refractivity contribution in [3.63, 3.8) is 0 Å². The monoisotopic (exact) mass is 480 g/mol. The molecule has 6 atom stereocenters. The lowest BCUT2D eigenvalue weighted by Gasteiger charge is -2.63. The molecule has 3 saturated carbocycles. The quantitative estimate of drug-likeness (QED) is 0.324. The first-order valence-corrected chi connectivity index (χ1v) is 13.7. The number of carbonyl (C=O) groups excluding carboxylic acids is 2. The van der Waals surface area contributed by atoms with E-state index in [9.17, 15) is 9.59 Å². The number of ether oxygens (including phenoxy) is 2. The maximum Gasteiger partial charge on any atom is 0.339 e. The highest BCUT2D eigenvalue weighted by Gasteiger charge is 2.65. The van der Waals surface area contributed by atoms with Gasteiger partial charge in [0.1, 0.15) is 11.5 Å². The van der Waals surface area contributed by atoms with E-state index >= 15 is 0 Å². The lowest BCUT2D eigenvalue weighted by Crippen LogP contribution is -2.57. The summed E-state index contributed by atoms with van der Waals surface area (Å²) in [5, 5.41) is 0. The summed E-state index contributed by atoms with van der Waals surface area (Å²) < 4.78 is 11.2. The Balaban J connectivity index is 1.50. The van der Waals surface area contributed by atoms with Crippen LogP contribution in [0.15, 0.2) is 35.1 Å². The number of hydrogen-bond acceptors (Lipinski definition) is 4. The number of Topliss-reactive ketones (excluding diaryl/α,β-unsaturated/α-hetero) is 1. The Kier molecular flexibility index (Phi) is 5.47. The molecule has 0 bridgehead atoms. The van der Waals surface area contributed by atoms with Crippen LogP contribution in [0.2, 0.25) is 0 Å². The van der Waals surface area contributed by atoms with Gasteiger partial charge in [0.25, 0.3) is 0 Å². The largest absolute Gasteiger partial charge is 0.423 e. The highest BCUT2D eigenvalue weighted by molar-refractivity contribution is 5.93. The Morgan fingerprint density at radius 2 is 1.71 bits per heavy atom. The van der Waals surface area contributed by atoms with Gasteiger partial charge in [-0.05, 0) is 98.5 Å². The fourth-order valence-electron chi connectivity index (χ4n) is 9.13. The first-order valence-electron chi connectivity index (χ1n) is 13.7. The number of cyclic esters (lactones) is 1. The molecule has 3 fully saturated rings. The van der Waals surface area contributed by atoms with Gasteiger partial charge in [-0.2, -0.15) is 0 Å². The molecule has 4 aliphatic carbocycles. The van der Waals surface area contributed by atoms with Crippen molar-refractivity contribution in [3.05, 3.63) is 35.1 Å². The van der Waals surface area contributed by atoms with Crippen molar-refractivity contribution in [1.82, 2.24) is 0 Å². The van der Waals surface area contributed by atoms with E-state index in [0.717, 1.165) is 44.1 Å². The molecule has 4 nitrogen and oxygen atoms in total. The van der Waals surface area contributed by atoms with Gasteiger partial charge in [0, 0.05) is 24.5 Å². The molecule has 192 valence electrons. The fraction of sp³-hybridized carbons (Fsp3) is 0.742. The molecule has 0 saturated heterocycles. The van der Waals surface area contributed by atoms with Gasteiger partial charge in [-0.1, -0.05) is 46.3 Å². The van der Waals surface area contributed by atoms with Crippen LogP contribution < -0.4 is 0 Å². The number of methoxy groups -OCH3 is 1. The molecule has 0 amide bonds. The Morgan fingerprint density at radius 1 is 1.03 bits per heavy atom. The predicted molar refractivity (Wildman–Crippen MR) is 137 cm³/mol. The normalized spacial score (nSPS) is 43.8. The second-order valence-electron chi connectivity index (χ2n) is 13.9. The average Bonchev–Trinajstić information content (AvgIpc) is 3.26. The Hall–Kier alpha value is -1.68. The molecule has 0 spiro atoms. The molecule has 0 radical (unpaired) electrons. The third kappa shape index (κ3) is 3.34. The van der Waals surface area contributed by atoms with Crippen LogP contribution in [0.5, 0.6) is 0 Å². The van der Waals surface area contributed by atoms with Crippen molar-refractivity contribution in [2.75, 3.05) is 7.11 Å². The molecule has 1 heterocycles. The first kappa shape index (κ1) is 25.0. The van der Waals surface area contributed by atoms with Crippen molar-refractivity contribution in [2.24, 2.45) is 39.4 Å². The second kappa shape index (κ2) is 7.66. The van der Waals surface area contributed by atoms with Crippen molar-refractivity contribution >= 4 is 11.8 Å². The Morgan fingerprint density at radius 3 is 2.40 bits per heavy atom. The zero-order chi connectivity index (χ0) is 25.6. The topological polar surface area (TPSA) is 52.6 Å². The minimum atomic E-state index is -0.484. The number of hydrogen-bond donors (Lipinski definition) is 0. The van der Waals surface area contributed by atoms with Gasteiger partial charge in [0.2, 0.25) is 0 Å². The van der Waals surface area contributed by atoms with Crippen LogP contribution in [0.4, 0.5) is 0 Å². The summed E-state index contributed by atoms with van der Waals surface area (Å²) in [6.45, 7) is 15.7. The van der Waals surface area contributed by atoms with Crippen LogP contribution in [0.1, 0.15) is 93.4 Å². The molecule has 0 aromatic carbocycles. The first-order chi connectivity index (χ1) is 16.2. The van der Waals surface area contributed by atoms with Gasteiger partial charge >= 0.3 is 5.97 Å². The van der Waals surface area contributed by atoms with E-state index in [1.165, 1.54) is 0 Å². The molecule has 35 heavy (non-hydrogen) atoms. The predicted octanol–water partition coefficient (Wildman–Crippen LogP) is 6.95. The third-order valence-electron chi connectivity index (χ3n) is 11.7. The lowest BCUT2D eigenvalue weighted by molar-refractivity contribution is -0.145. The minimum absolute atomic E-state index is 0.0234. The van der Waals surface area contributed by atoms with Crippen LogP contribution in [0, 0.1) is 39.4 Å². The summed E-state index contributed by atoms with van der Waals surface area (Å²) in [6, 6.07) is 0. The van der Waals surface area contributed by atoms with E-state index in [-0.39, 0.29) is 33.5 Å². The third-order valence-corrected chi connectivity index (χ3v) is 11.7. The molecule has 4 heteroatoms. The van der Waals surface area contributed by atoms with Crippen molar-refractivity contribution in [3.8, 4) is 0 Å². The number of carbonyl (C=O) groups is 2. The number of allylic oxidation sites excluding steroid dienone is 3. The van der Waals surface area contributed by atoms with Gasteiger partial charge in [0.05, 0.1) is 5.60 Å². The number of esters is 1. The molecule has 0 aromatic rings. The standard InChI is InChI=1S/C31H44O4/c1-27(2,34-8)18-19-17-20(26(33)35-19)21-11-15-31(7)23-9-10-24-28(3,4)25(32)13-14-29(24,5)22(23)12-16-30(21,31)6/h9,17-18,21-22,24H,10-16H2,1-8H3/b19-18+/t21-,22-,24-,29+,30-,31+/m0/s1. The van der Waals surface area contributed by atoms with E-state index in [2.05, 4.69) is 40.7 Å². The van der Waals surface area contributed by atoms with Gasteiger partial charge in [0.15, 0.2) is 0 Å². The smallest absolute Gasteiger partial charge is 0.339 e. The van der Waals surface area contributed by atoms with E-state index in [0.29, 0.717) is 29.8 Å². The lowest BCUT2D eigenvalue weighted by atomic mass is 9.41. The van der Waals surface area contributed by atoms with Crippen LogP contribution in [0.3, 0.4) is 0 Å². The van der Waals surface area contributed by atoms with Crippen molar-refractivity contribution in [1.29, 1.82) is 0 Å². The fourth-order valence-corrected chi connectivity index (χ4v) is 9.13. The van der Waals surface area contributed by atoms with Crippen LogP contribution in [-0.2, 0) is 19.1 Å². The molecule has 1 aliphatic heterocycles. The SMILES string of the molecule is COC(C)(C)/C=C1\C=C([C@@H]2CC[C@]3(C)C4=CC[C@H]5C(C)(C)C(=O)CC[C@]5(C)[C@H]4CC[C@@]23C)C(=O)O1. The van der Waals surface area contributed by atoms with E-state index in [1.807, 2.05) is 26.0 Å². The number of ketones is 1. The van der Waals surface area contributed by atoms with Gasteiger partial charge in [-0.3, -0.25) is 4.79 Å². The molecule has 5 aliphatic rings. The zero-order valence-corrected chi connectivity index (χ0v) is 23.0. The summed E-state index contributed by atoms with van der Waals surface area (Å²) in [7, 11) is 1.67. The van der Waals surface area contributed by atoms with Gasteiger partial charge < -0.3 is 9.47 Å². The molecule has 0 N–H and O–H groups in total. The molecule has 5 rings (SSSR count). The molecular formula is C31H44O4. The van der Waals surface area contributed by atoms with Crippen LogP contribution >= 0.6 is 0 Å².